The zero-order valence-corrected chi connectivity index (χ0v) is 28.6. The Kier molecular flexibility index (Phi) is 23.8. The van der Waals surface area contributed by atoms with E-state index in [0.29, 0.717) is 44.7 Å². The number of aromatic nitrogens is 1. The Labute approximate surface area is 280 Å². The third kappa shape index (κ3) is 22.4. The molecule has 0 saturated carbocycles. The van der Waals surface area contributed by atoms with E-state index in [2.05, 4.69) is 89.7 Å². The second kappa shape index (κ2) is 28.1. The number of hydrogen-bond donors (Lipinski definition) is 0. The number of rotatable bonds is 27. The van der Waals surface area contributed by atoms with Crippen LogP contribution in [0.25, 0.3) is 6.08 Å². The summed E-state index contributed by atoms with van der Waals surface area (Å²) in [5.74, 6) is 0.530. The number of nitrogens with zero attached hydrogens (tertiary/aromatic N) is 2. The van der Waals surface area contributed by atoms with Gasteiger partial charge in [0.15, 0.2) is 0 Å². The Morgan fingerprint density at radius 1 is 0.739 bits per heavy atom. The summed E-state index contributed by atoms with van der Waals surface area (Å²) in [4.78, 5) is 31.4. The zero-order valence-electron chi connectivity index (χ0n) is 28.6. The predicted octanol–water partition coefficient (Wildman–Crippen LogP) is 9.76. The third-order valence-electron chi connectivity index (χ3n) is 7.86. The number of carbonyl (C=O) groups is 2. The van der Waals surface area contributed by atoms with Crippen molar-refractivity contribution in [2.75, 3.05) is 32.8 Å². The SMILES string of the molecule is CC/C=C\C/C=C\C/C=C\C/C=C\C/C=C\CCCC(=O)CCCOCCCC(=O)C/C=C/c1ccc(CCN2CCCC2)nc1. The lowest BCUT2D eigenvalue weighted by Gasteiger charge is -2.13. The molecule has 1 aromatic rings. The number of unbranched alkanes of at least 4 members (excludes halogenated alkanes) is 1. The minimum absolute atomic E-state index is 0.220. The van der Waals surface area contributed by atoms with Crippen molar-refractivity contribution in [1.29, 1.82) is 0 Å². The lowest BCUT2D eigenvalue weighted by molar-refractivity contribution is -0.119. The molecule has 1 fully saturated rings. The molecule has 2 heterocycles. The summed E-state index contributed by atoms with van der Waals surface area (Å²) in [6, 6.07) is 4.17. The largest absolute Gasteiger partial charge is 0.381 e. The highest BCUT2D eigenvalue weighted by Crippen LogP contribution is 2.10. The van der Waals surface area contributed by atoms with Crippen LogP contribution in [0.1, 0.15) is 114 Å². The predicted molar refractivity (Wildman–Crippen MR) is 195 cm³/mol. The molecule has 46 heavy (non-hydrogen) atoms. The van der Waals surface area contributed by atoms with E-state index >= 15 is 0 Å². The van der Waals surface area contributed by atoms with Gasteiger partial charge in [0.1, 0.15) is 11.6 Å². The van der Waals surface area contributed by atoms with E-state index in [1.807, 2.05) is 18.3 Å². The molecule has 1 aromatic heterocycles. The average molecular weight is 629 g/mol. The van der Waals surface area contributed by atoms with Gasteiger partial charge in [0, 0.05) is 63.8 Å². The van der Waals surface area contributed by atoms with E-state index in [-0.39, 0.29) is 5.78 Å². The number of ketones is 2. The Morgan fingerprint density at radius 3 is 1.93 bits per heavy atom. The van der Waals surface area contributed by atoms with E-state index in [9.17, 15) is 9.59 Å². The van der Waals surface area contributed by atoms with Gasteiger partial charge in [-0.25, -0.2) is 0 Å². The molecule has 5 nitrogen and oxygen atoms in total. The Balaban J connectivity index is 1.36. The van der Waals surface area contributed by atoms with Crippen LogP contribution in [-0.2, 0) is 20.7 Å². The van der Waals surface area contributed by atoms with E-state index < -0.39 is 0 Å². The molecule has 252 valence electrons. The van der Waals surface area contributed by atoms with Gasteiger partial charge in [-0.05, 0) is 95.3 Å². The van der Waals surface area contributed by atoms with E-state index in [0.717, 1.165) is 82.0 Å². The van der Waals surface area contributed by atoms with Gasteiger partial charge in [-0.2, -0.15) is 0 Å². The summed E-state index contributed by atoms with van der Waals surface area (Å²) in [6.45, 7) is 6.82. The van der Waals surface area contributed by atoms with Crippen LogP contribution in [0.15, 0.2) is 85.2 Å². The van der Waals surface area contributed by atoms with Crippen molar-refractivity contribution in [3.63, 3.8) is 0 Å². The number of ether oxygens (including phenoxy) is 1. The number of pyridine rings is 1. The first-order valence-corrected chi connectivity index (χ1v) is 17.9. The Bertz CT molecular complexity index is 1110. The van der Waals surface area contributed by atoms with E-state index in [1.54, 1.807) is 0 Å². The fourth-order valence-electron chi connectivity index (χ4n) is 5.15. The van der Waals surface area contributed by atoms with Gasteiger partial charge >= 0.3 is 0 Å². The first kappa shape index (κ1) is 39.0. The molecule has 0 amide bonds. The molecule has 1 saturated heterocycles. The van der Waals surface area contributed by atoms with Gasteiger partial charge in [-0.15, -0.1) is 0 Å². The Morgan fingerprint density at radius 2 is 1.33 bits per heavy atom. The van der Waals surface area contributed by atoms with Crippen LogP contribution in [-0.4, -0.2) is 54.3 Å². The molecule has 5 heteroatoms. The van der Waals surface area contributed by atoms with Crippen molar-refractivity contribution in [2.45, 2.75) is 110 Å². The normalized spacial score (nSPS) is 14.5. The molecular weight excluding hydrogens is 568 g/mol. The van der Waals surface area contributed by atoms with Crippen molar-refractivity contribution in [1.82, 2.24) is 9.88 Å². The second-order valence-electron chi connectivity index (χ2n) is 12.0. The summed E-state index contributed by atoms with van der Waals surface area (Å²) >= 11 is 0. The summed E-state index contributed by atoms with van der Waals surface area (Å²) in [6.07, 6.45) is 41.9. The van der Waals surface area contributed by atoms with Crippen molar-refractivity contribution in [3.05, 3.63) is 96.4 Å². The minimum Gasteiger partial charge on any atom is -0.381 e. The quantitative estimate of drug-likeness (QED) is 0.0717. The molecule has 0 aromatic carbocycles. The maximum absolute atomic E-state index is 12.2. The molecule has 0 N–H and O–H groups in total. The van der Waals surface area contributed by atoms with Crippen LogP contribution >= 0.6 is 0 Å². The summed E-state index contributed by atoms with van der Waals surface area (Å²) in [5.41, 5.74) is 2.16. The van der Waals surface area contributed by atoms with Gasteiger partial charge in [-0.1, -0.05) is 85.9 Å². The lowest BCUT2D eigenvalue weighted by Crippen LogP contribution is -2.22. The number of Topliss-reactive ketones (excluding diaryl/α,β-unsaturated/α-hetero) is 2. The fraction of sp³-hybridized carbons (Fsp3) is 0.537. The van der Waals surface area contributed by atoms with Crippen molar-refractivity contribution in [2.24, 2.45) is 0 Å². The monoisotopic (exact) mass is 628 g/mol. The zero-order chi connectivity index (χ0) is 32.8. The highest BCUT2D eigenvalue weighted by molar-refractivity contribution is 5.80. The molecule has 0 radical (unpaired) electrons. The molecule has 0 atom stereocenters. The molecule has 1 aliphatic rings. The van der Waals surface area contributed by atoms with Crippen LogP contribution in [0.2, 0.25) is 0 Å². The molecule has 0 bridgehead atoms. The van der Waals surface area contributed by atoms with Crippen LogP contribution in [0.5, 0.6) is 0 Å². The summed E-state index contributed by atoms with van der Waals surface area (Å²) in [7, 11) is 0. The summed E-state index contributed by atoms with van der Waals surface area (Å²) in [5, 5.41) is 0. The number of likely N-dealkylation sites (tertiary alicyclic amines) is 1. The second-order valence-corrected chi connectivity index (χ2v) is 12.0. The maximum atomic E-state index is 12.2. The smallest absolute Gasteiger partial charge is 0.136 e. The number of hydrogen-bond acceptors (Lipinski definition) is 5. The molecule has 0 unspecified atom stereocenters. The molecule has 0 aliphatic carbocycles. The summed E-state index contributed by atoms with van der Waals surface area (Å²) < 4.78 is 5.65. The molecular formula is C41H60N2O3. The maximum Gasteiger partial charge on any atom is 0.136 e. The topological polar surface area (TPSA) is 59.5 Å². The first-order chi connectivity index (χ1) is 22.7. The lowest BCUT2D eigenvalue weighted by atomic mass is 10.1. The Hall–Kier alpha value is -3.15. The fourth-order valence-corrected chi connectivity index (χ4v) is 5.15. The van der Waals surface area contributed by atoms with Crippen LogP contribution in [0.3, 0.4) is 0 Å². The average Bonchev–Trinajstić information content (AvgIpc) is 3.59. The van der Waals surface area contributed by atoms with Crippen LogP contribution in [0, 0.1) is 0 Å². The van der Waals surface area contributed by atoms with Crippen LogP contribution < -0.4 is 0 Å². The van der Waals surface area contributed by atoms with Crippen molar-refractivity contribution < 1.29 is 14.3 Å². The van der Waals surface area contributed by atoms with Gasteiger partial charge in [0.25, 0.3) is 0 Å². The molecule has 1 aliphatic heterocycles. The standard InChI is InChI=1S/C41H60N2O3/c1-2-3-4-5-6-7-8-9-10-11-12-13-14-15-16-17-18-25-40(44)27-22-35-46-36-23-28-41(45)26-21-24-38-29-30-39(42-37-38)31-34-43-32-19-20-33-43/h3-4,6-7,9-10,12-13,15-16,21,24,29-30,37H,2,5,8,11,14,17-20,22-23,25-28,31-36H2,1H3/b4-3-,7-6-,10-9-,13-12-,16-15-,24-21+. The van der Waals surface area contributed by atoms with Gasteiger partial charge in [-0.3, -0.25) is 14.6 Å². The van der Waals surface area contributed by atoms with Gasteiger partial charge < -0.3 is 9.64 Å². The van der Waals surface area contributed by atoms with Gasteiger partial charge in [0.05, 0.1) is 0 Å². The minimum atomic E-state index is 0.220. The highest BCUT2D eigenvalue weighted by atomic mass is 16.5. The third-order valence-corrected chi connectivity index (χ3v) is 7.86. The molecule has 2 rings (SSSR count). The highest BCUT2D eigenvalue weighted by Gasteiger charge is 2.11. The van der Waals surface area contributed by atoms with Crippen molar-refractivity contribution in [3.8, 4) is 0 Å². The number of allylic oxidation sites excluding steroid dienone is 11. The van der Waals surface area contributed by atoms with E-state index in [1.165, 1.54) is 25.9 Å². The number of carbonyl (C=O) groups excluding carboxylic acids is 2. The van der Waals surface area contributed by atoms with Crippen molar-refractivity contribution >= 4 is 17.6 Å². The van der Waals surface area contributed by atoms with Gasteiger partial charge in [0.2, 0.25) is 0 Å². The van der Waals surface area contributed by atoms with E-state index in [4.69, 9.17) is 4.74 Å². The van der Waals surface area contributed by atoms with Crippen LogP contribution in [0.4, 0.5) is 0 Å². The first-order valence-electron chi connectivity index (χ1n) is 17.9. The molecule has 0 spiro atoms.